The molecule has 1 aromatic heterocycles. The van der Waals surface area contributed by atoms with Gasteiger partial charge in [-0.2, -0.15) is 5.10 Å². The molecule has 0 saturated heterocycles. The van der Waals surface area contributed by atoms with Crippen LogP contribution in [0.2, 0.25) is 0 Å². The van der Waals surface area contributed by atoms with Crippen molar-refractivity contribution in [2.75, 3.05) is 5.43 Å². The number of aromatic nitrogens is 1. The van der Waals surface area contributed by atoms with Crippen LogP contribution in [0.1, 0.15) is 16.7 Å². The van der Waals surface area contributed by atoms with Gasteiger partial charge in [0.15, 0.2) is 0 Å². The van der Waals surface area contributed by atoms with Gasteiger partial charge in [-0.25, -0.2) is 0 Å². The first-order valence-corrected chi connectivity index (χ1v) is 5.52. The molecule has 3 nitrogen and oxygen atoms in total. The van der Waals surface area contributed by atoms with E-state index in [1.807, 2.05) is 18.3 Å². The van der Waals surface area contributed by atoms with Gasteiger partial charge in [0.25, 0.3) is 0 Å². The van der Waals surface area contributed by atoms with Gasteiger partial charge in [0, 0.05) is 12.4 Å². The highest BCUT2D eigenvalue weighted by Gasteiger charge is 1.94. The molecule has 0 saturated carbocycles. The largest absolute Gasteiger partial charge is 0.278 e. The smallest absolute Gasteiger partial charge is 0.0592 e. The first kappa shape index (κ1) is 11.3. The summed E-state index contributed by atoms with van der Waals surface area (Å²) in [5, 5.41) is 4.20. The topological polar surface area (TPSA) is 37.3 Å². The van der Waals surface area contributed by atoms with Crippen molar-refractivity contribution < 1.29 is 0 Å². The number of hydrogen-bond donors (Lipinski definition) is 1. The summed E-state index contributed by atoms with van der Waals surface area (Å²) in [6.07, 6.45) is 5.29. The number of aryl methyl sites for hydroxylation is 2. The molecule has 17 heavy (non-hydrogen) atoms. The van der Waals surface area contributed by atoms with Gasteiger partial charge >= 0.3 is 0 Å². The van der Waals surface area contributed by atoms with Gasteiger partial charge in [0.05, 0.1) is 11.9 Å². The van der Waals surface area contributed by atoms with E-state index in [2.05, 4.69) is 47.6 Å². The Morgan fingerprint density at radius 3 is 2.59 bits per heavy atom. The summed E-state index contributed by atoms with van der Waals surface area (Å²) >= 11 is 0. The lowest BCUT2D eigenvalue weighted by molar-refractivity contribution is 1.28. The molecule has 0 aliphatic rings. The molecule has 0 radical (unpaired) electrons. The van der Waals surface area contributed by atoms with E-state index in [1.54, 1.807) is 12.4 Å². The zero-order valence-electron chi connectivity index (χ0n) is 10.0. The van der Waals surface area contributed by atoms with E-state index >= 15 is 0 Å². The maximum atomic E-state index is 4.20. The monoisotopic (exact) mass is 225 g/mol. The van der Waals surface area contributed by atoms with Crippen LogP contribution in [0.3, 0.4) is 0 Å². The average Bonchev–Trinajstić information content (AvgIpc) is 2.33. The second-order valence-corrected chi connectivity index (χ2v) is 3.97. The summed E-state index contributed by atoms with van der Waals surface area (Å²) in [6.45, 7) is 4.17. The van der Waals surface area contributed by atoms with Crippen molar-refractivity contribution in [3.05, 3.63) is 59.4 Å². The molecule has 1 N–H and O–H groups in total. The third kappa shape index (κ3) is 3.14. The molecule has 0 unspecified atom stereocenters. The van der Waals surface area contributed by atoms with Crippen molar-refractivity contribution in [1.82, 2.24) is 4.98 Å². The molecular formula is C14H15N3. The minimum absolute atomic E-state index is 0.931. The maximum Gasteiger partial charge on any atom is 0.0592 e. The fourth-order valence-electron chi connectivity index (χ4n) is 1.57. The number of nitrogens with zero attached hydrogens (tertiary/aromatic N) is 2. The Morgan fingerprint density at radius 1 is 1.12 bits per heavy atom. The summed E-state index contributed by atoms with van der Waals surface area (Å²) in [5.74, 6) is 0. The maximum absolute atomic E-state index is 4.20. The molecule has 0 aliphatic carbocycles. The van der Waals surface area contributed by atoms with Crippen molar-refractivity contribution >= 4 is 11.9 Å². The molecule has 1 heterocycles. The first-order valence-electron chi connectivity index (χ1n) is 5.52. The molecule has 0 amide bonds. The summed E-state index contributed by atoms with van der Waals surface area (Å²) in [5.41, 5.74) is 7.51. The Balaban J connectivity index is 2.06. The SMILES string of the molecule is Cc1ccc(C=NNc2ccncc2)c(C)c1. The second-order valence-electron chi connectivity index (χ2n) is 3.97. The highest BCUT2D eigenvalue weighted by atomic mass is 15.3. The molecule has 86 valence electrons. The van der Waals surface area contributed by atoms with Crippen LogP contribution < -0.4 is 5.43 Å². The van der Waals surface area contributed by atoms with Gasteiger partial charge in [-0.15, -0.1) is 0 Å². The number of benzene rings is 1. The third-order valence-electron chi connectivity index (χ3n) is 2.50. The van der Waals surface area contributed by atoms with E-state index in [4.69, 9.17) is 0 Å². The summed E-state index contributed by atoms with van der Waals surface area (Å²) in [6, 6.07) is 10.1. The number of pyridine rings is 1. The number of rotatable bonds is 3. The van der Waals surface area contributed by atoms with Crippen LogP contribution in [0.15, 0.2) is 47.8 Å². The number of hydrogen-bond acceptors (Lipinski definition) is 3. The Kier molecular flexibility index (Phi) is 3.50. The fourth-order valence-corrected chi connectivity index (χ4v) is 1.57. The van der Waals surface area contributed by atoms with E-state index in [-0.39, 0.29) is 0 Å². The number of hydrazone groups is 1. The zero-order chi connectivity index (χ0) is 12.1. The van der Waals surface area contributed by atoms with Gasteiger partial charge in [0.1, 0.15) is 0 Å². The molecule has 0 bridgehead atoms. The molecular weight excluding hydrogens is 210 g/mol. The van der Waals surface area contributed by atoms with Crippen LogP contribution in [-0.4, -0.2) is 11.2 Å². The lowest BCUT2D eigenvalue weighted by Gasteiger charge is -2.02. The normalized spacial score (nSPS) is 10.7. The molecule has 0 fully saturated rings. The quantitative estimate of drug-likeness (QED) is 0.643. The molecule has 0 atom stereocenters. The van der Waals surface area contributed by atoms with Gasteiger partial charge in [-0.05, 0) is 37.1 Å². The van der Waals surface area contributed by atoms with E-state index < -0.39 is 0 Å². The lowest BCUT2D eigenvalue weighted by Crippen LogP contribution is -1.93. The number of anilines is 1. The standard InChI is InChI=1S/C14H15N3/c1-11-3-4-13(12(2)9-11)10-16-17-14-5-7-15-8-6-14/h3-10H,1-2H3,(H,15,17). The Labute approximate surface area is 101 Å². The summed E-state index contributed by atoms with van der Waals surface area (Å²) in [4.78, 5) is 3.94. The van der Waals surface area contributed by atoms with E-state index in [0.29, 0.717) is 0 Å². The van der Waals surface area contributed by atoms with Crippen LogP contribution in [-0.2, 0) is 0 Å². The van der Waals surface area contributed by atoms with Crippen molar-refractivity contribution in [1.29, 1.82) is 0 Å². The van der Waals surface area contributed by atoms with Crippen molar-refractivity contribution in [3.8, 4) is 0 Å². The van der Waals surface area contributed by atoms with Gasteiger partial charge in [-0.3, -0.25) is 10.4 Å². The lowest BCUT2D eigenvalue weighted by atomic mass is 10.1. The van der Waals surface area contributed by atoms with Gasteiger partial charge in [0.2, 0.25) is 0 Å². The fraction of sp³-hybridized carbons (Fsp3) is 0.143. The average molecular weight is 225 g/mol. The minimum atomic E-state index is 0.931. The van der Waals surface area contributed by atoms with Gasteiger partial charge < -0.3 is 0 Å². The Hall–Kier alpha value is -2.16. The highest BCUT2D eigenvalue weighted by Crippen LogP contribution is 2.08. The van der Waals surface area contributed by atoms with Crippen molar-refractivity contribution in [2.45, 2.75) is 13.8 Å². The zero-order valence-corrected chi connectivity index (χ0v) is 10.0. The van der Waals surface area contributed by atoms with Crippen LogP contribution >= 0.6 is 0 Å². The van der Waals surface area contributed by atoms with Crippen LogP contribution in [0.4, 0.5) is 5.69 Å². The first-order chi connectivity index (χ1) is 8.25. The van der Waals surface area contributed by atoms with Crippen LogP contribution in [0.5, 0.6) is 0 Å². The highest BCUT2D eigenvalue weighted by molar-refractivity contribution is 5.82. The van der Waals surface area contributed by atoms with Crippen molar-refractivity contribution in [2.24, 2.45) is 5.10 Å². The van der Waals surface area contributed by atoms with E-state index in [9.17, 15) is 0 Å². The molecule has 0 aliphatic heterocycles. The molecule has 2 aromatic rings. The van der Waals surface area contributed by atoms with Crippen molar-refractivity contribution in [3.63, 3.8) is 0 Å². The number of nitrogens with one attached hydrogen (secondary N) is 1. The van der Waals surface area contributed by atoms with Gasteiger partial charge in [-0.1, -0.05) is 23.8 Å². The van der Waals surface area contributed by atoms with E-state index in [0.717, 1.165) is 11.3 Å². The van der Waals surface area contributed by atoms with Crippen LogP contribution in [0.25, 0.3) is 0 Å². The summed E-state index contributed by atoms with van der Waals surface area (Å²) < 4.78 is 0. The predicted octanol–water partition coefficient (Wildman–Crippen LogP) is 3.14. The third-order valence-corrected chi connectivity index (χ3v) is 2.50. The van der Waals surface area contributed by atoms with Crippen LogP contribution in [0, 0.1) is 13.8 Å². The predicted molar refractivity (Wildman–Crippen MR) is 71.4 cm³/mol. The Bertz CT molecular complexity index is 518. The Morgan fingerprint density at radius 2 is 1.88 bits per heavy atom. The molecule has 1 aromatic carbocycles. The molecule has 3 heteroatoms. The summed E-state index contributed by atoms with van der Waals surface area (Å²) in [7, 11) is 0. The molecule has 0 spiro atoms. The minimum Gasteiger partial charge on any atom is -0.278 e. The second kappa shape index (κ2) is 5.25. The molecule has 2 rings (SSSR count). The van der Waals surface area contributed by atoms with E-state index in [1.165, 1.54) is 11.1 Å².